The third-order valence-electron chi connectivity index (χ3n) is 2.03. The average molecular weight is 248 g/mol. The zero-order valence-corrected chi connectivity index (χ0v) is 9.83. The van der Waals surface area contributed by atoms with E-state index in [4.69, 9.17) is 5.73 Å². The lowest BCUT2D eigenvalue weighted by molar-refractivity contribution is -0.114. The van der Waals surface area contributed by atoms with Gasteiger partial charge in [0.15, 0.2) is 5.16 Å². The lowest BCUT2D eigenvalue weighted by atomic mass is 10.3. The quantitative estimate of drug-likeness (QED) is 0.764. The Morgan fingerprint density at radius 3 is 3.00 bits per heavy atom. The fourth-order valence-electron chi connectivity index (χ4n) is 1.27. The molecule has 88 valence electrons. The molecule has 6 heteroatoms. The van der Waals surface area contributed by atoms with Crippen molar-refractivity contribution in [1.29, 1.82) is 0 Å². The van der Waals surface area contributed by atoms with Gasteiger partial charge in [-0.15, -0.1) is 0 Å². The second-order valence-corrected chi connectivity index (χ2v) is 4.28. The van der Waals surface area contributed by atoms with Crippen LogP contribution in [-0.2, 0) is 4.79 Å². The molecule has 0 saturated carbocycles. The molecule has 0 unspecified atom stereocenters. The molecule has 1 amide bonds. The van der Waals surface area contributed by atoms with Crippen molar-refractivity contribution >= 4 is 23.4 Å². The number of para-hydroxylation sites is 1. The molecule has 0 atom stereocenters. The van der Waals surface area contributed by atoms with Gasteiger partial charge in [0.1, 0.15) is 0 Å². The second kappa shape index (κ2) is 5.51. The molecule has 17 heavy (non-hydrogen) atoms. The normalized spacial score (nSPS) is 10.2. The van der Waals surface area contributed by atoms with E-state index in [-0.39, 0.29) is 12.5 Å². The zero-order valence-electron chi connectivity index (χ0n) is 9.01. The average Bonchev–Trinajstić information content (AvgIpc) is 2.84. The van der Waals surface area contributed by atoms with Crippen LogP contribution in [0.3, 0.4) is 0 Å². The van der Waals surface area contributed by atoms with Gasteiger partial charge in [0.05, 0.1) is 12.2 Å². The summed E-state index contributed by atoms with van der Waals surface area (Å²) >= 11 is 1.45. The number of aromatic nitrogens is 2. The highest BCUT2D eigenvalue weighted by molar-refractivity contribution is 7.99. The standard InChI is InChI=1S/C11H12N4OS/c12-7-10(16)15-8-3-1-2-4-9(8)17-11-13-5-6-14-11/h1-6H,7,12H2,(H,13,14)(H,15,16). The predicted octanol–water partition coefficient (Wildman–Crippen LogP) is 1.46. The van der Waals surface area contributed by atoms with E-state index in [1.165, 1.54) is 11.8 Å². The maximum absolute atomic E-state index is 11.3. The molecule has 5 nitrogen and oxygen atoms in total. The molecule has 0 bridgehead atoms. The number of nitrogens with two attached hydrogens (primary N) is 1. The Balaban J connectivity index is 2.18. The summed E-state index contributed by atoms with van der Waals surface area (Å²) in [5.41, 5.74) is 6.01. The third-order valence-corrected chi connectivity index (χ3v) is 3.02. The minimum absolute atomic E-state index is 0.0280. The van der Waals surface area contributed by atoms with Crippen molar-refractivity contribution in [2.45, 2.75) is 10.1 Å². The molecule has 0 radical (unpaired) electrons. The molecular formula is C11H12N4OS. The summed E-state index contributed by atoms with van der Waals surface area (Å²) in [5.74, 6) is -0.211. The first kappa shape index (κ1) is 11.7. The maximum atomic E-state index is 11.3. The Bertz CT molecular complexity index is 498. The summed E-state index contributed by atoms with van der Waals surface area (Å²) in [4.78, 5) is 19.3. The molecule has 1 aromatic carbocycles. The van der Waals surface area contributed by atoms with Gasteiger partial charge >= 0.3 is 0 Å². The van der Waals surface area contributed by atoms with E-state index in [1.54, 1.807) is 12.4 Å². The van der Waals surface area contributed by atoms with Gasteiger partial charge in [-0.05, 0) is 23.9 Å². The molecule has 0 aliphatic carbocycles. The Morgan fingerprint density at radius 1 is 1.47 bits per heavy atom. The number of rotatable bonds is 4. The first-order valence-corrected chi connectivity index (χ1v) is 5.87. The van der Waals surface area contributed by atoms with Gasteiger partial charge in [0.25, 0.3) is 0 Å². The van der Waals surface area contributed by atoms with Crippen molar-refractivity contribution < 1.29 is 4.79 Å². The van der Waals surface area contributed by atoms with Crippen LogP contribution in [0, 0.1) is 0 Å². The van der Waals surface area contributed by atoms with Crippen LogP contribution >= 0.6 is 11.8 Å². The molecule has 0 aliphatic rings. The van der Waals surface area contributed by atoms with Crippen LogP contribution in [0.2, 0.25) is 0 Å². The predicted molar refractivity (Wildman–Crippen MR) is 66.8 cm³/mol. The molecule has 0 fully saturated rings. The van der Waals surface area contributed by atoms with Gasteiger partial charge < -0.3 is 16.0 Å². The van der Waals surface area contributed by atoms with E-state index in [1.807, 2.05) is 24.3 Å². The summed E-state index contributed by atoms with van der Waals surface area (Å²) in [6, 6.07) is 7.51. The van der Waals surface area contributed by atoms with Crippen molar-refractivity contribution in [3.8, 4) is 0 Å². The van der Waals surface area contributed by atoms with Crippen LogP contribution < -0.4 is 11.1 Å². The number of imidazole rings is 1. The van der Waals surface area contributed by atoms with Crippen LogP contribution in [0.25, 0.3) is 0 Å². The number of amides is 1. The van der Waals surface area contributed by atoms with Crippen LogP contribution in [-0.4, -0.2) is 22.4 Å². The molecule has 0 saturated heterocycles. The third kappa shape index (κ3) is 3.08. The van der Waals surface area contributed by atoms with E-state index in [2.05, 4.69) is 15.3 Å². The van der Waals surface area contributed by atoms with Crippen LogP contribution in [0.15, 0.2) is 46.7 Å². The first-order valence-electron chi connectivity index (χ1n) is 5.06. The van der Waals surface area contributed by atoms with E-state index < -0.39 is 0 Å². The number of H-pyrrole nitrogens is 1. The van der Waals surface area contributed by atoms with Gasteiger partial charge in [0.2, 0.25) is 5.91 Å². The number of carbonyl (C=O) groups excluding carboxylic acids is 1. The monoisotopic (exact) mass is 248 g/mol. The number of hydrogen-bond acceptors (Lipinski definition) is 4. The highest BCUT2D eigenvalue weighted by atomic mass is 32.2. The number of aromatic amines is 1. The molecular weight excluding hydrogens is 236 g/mol. The lowest BCUT2D eigenvalue weighted by Crippen LogP contribution is -2.22. The molecule has 0 spiro atoms. The van der Waals surface area contributed by atoms with Gasteiger partial charge in [-0.25, -0.2) is 4.98 Å². The molecule has 2 rings (SSSR count). The molecule has 2 aromatic rings. The Labute approximate surface area is 103 Å². The second-order valence-electron chi connectivity index (χ2n) is 3.24. The Kier molecular flexibility index (Phi) is 3.79. The topological polar surface area (TPSA) is 83.8 Å². The Morgan fingerprint density at radius 2 is 2.29 bits per heavy atom. The summed E-state index contributed by atoms with van der Waals surface area (Å²) in [5, 5.41) is 3.52. The van der Waals surface area contributed by atoms with Crippen LogP contribution in [0.1, 0.15) is 0 Å². The van der Waals surface area contributed by atoms with Gasteiger partial charge in [-0.2, -0.15) is 0 Å². The highest BCUT2D eigenvalue weighted by Gasteiger charge is 2.07. The van der Waals surface area contributed by atoms with E-state index in [9.17, 15) is 4.79 Å². The van der Waals surface area contributed by atoms with Gasteiger partial charge in [-0.1, -0.05) is 12.1 Å². The van der Waals surface area contributed by atoms with Crippen molar-refractivity contribution in [3.63, 3.8) is 0 Å². The zero-order chi connectivity index (χ0) is 12.1. The summed E-state index contributed by atoms with van der Waals surface area (Å²) < 4.78 is 0. The highest BCUT2D eigenvalue weighted by Crippen LogP contribution is 2.30. The fourth-order valence-corrected chi connectivity index (χ4v) is 2.10. The SMILES string of the molecule is NCC(=O)Nc1ccccc1Sc1ncc[nH]1. The summed E-state index contributed by atoms with van der Waals surface area (Å²) in [7, 11) is 0. The fraction of sp³-hybridized carbons (Fsp3) is 0.0909. The molecule has 0 aliphatic heterocycles. The van der Waals surface area contributed by atoms with Crippen molar-refractivity contribution in [1.82, 2.24) is 9.97 Å². The molecule has 4 N–H and O–H groups in total. The number of benzene rings is 1. The lowest BCUT2D eigenvalue weighted by Gasteiger charge is -2.08. The first-order chi connectivity index (χ1) is 8.29. The maximum Gasteiger partial charge on any atom is 0.238 e. The summed E-state index contributed by atoms with van der Waals surface area (Å²) in [6.45, 7) is -0.0280. The van der Waals surface area contributed by atoms with Crippen LogP contribution in [0.5, 0.6) is 0 Å². The van der Waals surface area contributed by atoms with Crippen molar-refractivity contribution in [2.75, 3.05) is 11.9 Å². The minimum atomic E-state index is -0.211. The minimum Gasteiger partial charge on any atom is -0.339 e. The largest absolute Gasteiger partial charge is 0.339 e. The van der Waals surface area contributed by atoms with Crippen molar-refractivity contribution in [3.05, 3.63) is 36.7 Å². The Hall–Kier alpha value is -1.79. The van der Waals surface area contributed by atoms with Crippen LogP contribution in [0.4, 0.5) is 5.69 Å². The summed E-state index contributed by atoms with van der Waals surface area (Å²) in [6.07, 6.45) is 3.44. The van der Waals surface area contributed by atoms with Gasteiger partial charge in [-0.3, -0.25) is 4.79 Å². The molecule has 1 heterocycles. The molecule has 1 aromatic heterocycles. The van der Waals surface area contributed by atoms with E-state index >= 15 is 0 Å². The number of carbonyl (C=O) groups is 1. The smallest absolute Gasteiger partial charge is 0.238 e. The van der Waals surface area contributed by atoms with Gasteiger partial charge in [0, 0.05) is 17.3 Å². The van der Waals surface area contributed by atoms with E-state index in [0.29, 0.717) is 0 Å². The number of nitrogens with zero attached hydrogens (tertiary/aromatic N) is 1. The number of hydrogen-bond donors (Lipinski definition) is 3. The van der Waals surface area contributed by atoms with Crippen molar-refractivity contribution in [2.24, 2.45) is 5.73 Å². The number of anilines is 1. The number of nitrogens with one attached hydrogen (secondary N) is 2. The van der Waals surface area contributed by atoms with E-state index in [0.717, 1.165) is 15.7 Å².